The number of nitrogens with zero attached hydrogens (tertiary/aromatic N) is 1. The first kappa shape index (κ1) is 16.8. The highest BCUT2D eigenvalue weighted by molar-refractivity contribution is 6.37. The van der Waals surface area contributed by atoms with Crippen molar-refractivity contribution >= 4 is 35.1 Å². The Morgan fingerprint density at radius 2 is 1.68 bits per heavy atom. The highest BCUT2D eigenvalue weighted by atomic mass is 16.4. The van der Waals surface area contributed by atoms with Gasteiger partial charge in [0.15, 0.2) is 0 Å². The van der Waals surface area contributed by atoms with Crippen molar-refractivity contribution in [2.24, 2.45) is 0 Å². The Bertz CT molecular complexity index is 727. The van der Waals surface area contributed by atoms with Gasteiger partial charge in [-0.1, -0.05) is 0 Å². The van der Waals surface area contributed by atoms with Gasteiger partial charge in [0, 0.05) is 12.7 Å². The monoisotopic (exact) mass is 308 g/mol. The van der Waals surface area contributed by atoms with E-state index >= 15 is 0 Å². The molecule has 0 saturated heterocycles. The van der Waals surface area contributed by atoms with Crippen LogP contribution in [0.25, 0.3) is 0 Å². The molecule has 0 unspecified atom stereocenters. The van der Waals surface area contributed by atoms with Crippen LogP contribution in [0.3, 0.4) is 0 Å². The number of carbonyl (C=O) groups excluding carboxylic acids is 2. The smallest absolute Gasteiger partial charge is 0.394 e. The predicted molar refractivity (Wildman–Crippen MR) is 74.8 cm³/mol. The van der Waals surface area contributed by atoms with E-state index in [9.17, 15) is 24.0 Å². The lowest BCUT2D eigenvalue weighted by molar-refractivity contribution is -0.148. The molecule has 0 radical (unpaired) electrons. The summed E-state index contributed by atoms with van der Waals surface area (Å²) in [5.74, 6) is -6.04. The van der Waals surface area contributed by atoms with Crippen LogP contribution in [0, 0.1) is 6.92 Å². The van der Waals surface area contributed by atoms with E-state index in [1.54, 1.807) is 0 Å². The maximum Gasteiger partial charge on any atom is 0.394 e. The van der Waals surface area contributed by atoms with E-state index in [0.29, 0.717) is 0 Å². The van der Waals surface area contributed by atoms with Crippen LogP contribution in [0.1, 0.15) is 5.56 Å². The van der Waals surface area contributed by atoms with E-state index in [4.69, 9.17) is 10.2 Å². The molecule has 0 saturated carbocycles. The van der Waals surface area contributed by atoms with Gasteiger partial charge in [-0.25, -0.2) is 9.59 Å². The molecule has 0 heterocycles. The number of aliphatic carboxylic acids is 2. The van der Waals surface area contributed by atoms with Gasteiger partial charge in [-0.3, -0.25) is 14.4 Å². The molecule has 0 spiro atoms. The topological polar surface area (TPSA) is 141 Å². The molecule has 0 aliphatic carbocycles. The SMILES string of the molecule is Cc1cc(=O)c(NC(=O)C(=O)O)ccc1N(C)C(=O)C(=O)O. The van der Waals surface area contributed by atoms with Crippen LogP contribution >= 0.6 is 0 Å². The summed E-state index contributed by atoms with van der Waals surface area (Å²) in [6.07, 6.45) is 0. The van der Waals surface area contributed by atoms with Gasteiger partial charge in [-0.2, -0.15) is 0 Å². The molecule has 0 bridgehead atoms. The van der Waals surface area contributed by atoms with E-state index < -0.39 is 29.2 Å². The minimum Gasteiger partial charge on any atom is -0.474 e. The summed E-state index contributed by atoms with van der Waals surface area (Å²) >= 11 is 0. The van der Waals surface area contributed by atoms with Gasteiger partial charge in [0.1, 0.15) is 0 Å². The number of carboxylic acid groups (broad SMARTS) is 2. The summed E-state index contributed by atoms with van der Waals surface area (Å²) < 4.78 is 0. The number of rotatable bonds is 2. The maximum atomic E-state index is 11.8. The van der Waals surface area contributed by atoms with E-state index in [1.807, 2.05) is 5.32 Å². The molecule has 116 valence electrons. The van der Waals surface area contributed by atoms with E-state index in [1.165, 1.54) is 20.0 Å². The van der Waals surface area contributed by atoms with Crippen LogP contribution in [0.4, 0.5) is 11.4 Å². The zero-order chi connectivity index (χ0) is 17.0. The predicted octanol–water partition coefficient (Wildman–Crippen LogP) is -0.574. The van der Waals surface area contributed by atoms with E-state index in [2.05, 4.69) is 0 Å². The first-order valence-corrected chi connectivity index (χ1v) is 5.85. The molecule has 2 amide bonds. The van der Waals surface area contributed by atoms with Crippen LogP contribution in [0.5, 0.6) is 0 Å². The molecule has 9 nitrogen and oxygen atoms in total. The number of nitrogens with one attached hydrogen (secondary N) is 1. The Labute approximate surface area is 123 Å². The molecular weight excluding hydrogens is 296 g/mol. The lowest BCUT2D eigenvalue weighted by Crippen LogP contribution is -2.33. The van der Waals surface area contributed by atoms with Crippen molar-refractivity contribution in [2.75, 3.05) is 17.3 Å². The van der Waals surface area contributed by atoms with Crippen molar-refractivity contribution < 1.29 is 29.4 Å². The molecule has 1 aromatic rings. The fourth-order valence-electron chi connectivity index (χ4n) is 1.63. The third kappa shape index (κ3) is 3.66. The van der Waals surface area contributed by atoms with Crippen LogP contribution in [0.2, 0.25) is 0 Å². The number of aryl methyl sites for hydroxylation is 1. The zero-order valence-electron chi connectivity index (χ0n) is 11.6. The Morgan fingerprint density at radius 1 is 1.09 bits per heavy atom. The third-order valence-electron chi connectivity index (χ3n) is 2.72. The van der Waals surface area contributed by atoms with E-state index in [-0.39, 0.29) is 16.9 Å². The first-order chi connectivity index (χ1) is 10.1. The Balaban J connectivity index is 3.31. The number of carbonyl (C=O) groups is 4. The second kappa shape index (κ2) is 6.48. The summed E-state index contributed by atoms with van der Waals surface area (Å²) in [5, 5.41) is 19.1. The number of hydrogen-bond acceptors (Lipinski definition) is 5. The van der Waals surface area contributed by atoms with Crippen molar-refractivity contribution in [3.8, 4) is 0 Å². The Kier molecular flexibility index (Phi) is 4.96. The number of likely N-dealkylation sites (N-methyl/N-ethyl adjacent to an activating group) is 1. The molecule has 9 heteroatoms. The minimum atomic E-state index is -1.76. The Morgan fingerprint density at radius 3 is 2.18 bits per heavy atom. The fourth-order valence-corrected chi connectivity index (χ4v) is 1.63. The van der Waals surface area contributed by atoms with Gasteiger partial charge in [-0.15, -0.1) is 0 Å². The number of carboxylic acids is 2. The van der Waals surface area contributed by atoms with Crippen molar-refractivity contribution in [2.45, 2.75) is 6.92 Å². The summed E-state index contributed by atoms with van der Waals surface area (Å²) in [7, 11) is 1.21. The maximum absolute atomic E-state index is 11.8. The molecule has 22 heavy (non-hydrogen) atoms. The Hall–Kier alpha value is -3.23. The average Bonchev–Trinajstić information content (AvgIpc) is 2.56. The molecular formula is C13H12N2O7. The highest BCUT2D eigenvalue weighted by Gasteiger charge is 2.20. The van der Waals surface area contributed by atoms with Gasteiger partial charge in [0.05, 0.1) is 5.69 Å². The second-order valence-corrected chi connectivity index (χ2v) is 4.25. The van der Waals surface area contributed by atoms with Crippen LogP contribution in [-0.4, -0.2) is 41.0 Å². The largest absolute Gasteiger partial charge is 0.474 e. The molecule has 0 aromatic heterocycles. The molecule has 0 aliphatic heterocycles. The zero-order valence-corrected chi connectivity index (χ0v) is 11.6. The standard InChI is InChI=1S/C13H12N2O7/c1-6-5-9(16)7(14-10(17)12(19)20)3-4-8(6)15(2)11(18)13(21)22/h3-5H,1-2H3,(H,19,20)(H,21,22)(H,14,16,17). The van der Waals surface area contributed by atoms with Crippen LogP contribution < -0.4 is 15.6 Å². The lowest BCUT2D eigenvalue weighted by Gasteiger charge is -2.15. The quantitative estimate of drug-likeness (QED) is 0.621. The molecule has 1 rings (SSSR count). The summed E-state index contributed by atoms with van der Waals surface area (Å²) in [6, 6.07) is 3.38. The van der Waals surface area contributed by atoms with Crippen LogP contribution in [-0.2, 0) is 19.2 Å². The molecule has 1 aromatic carbocycles. The lowest BCUT2D eigenvalue weighted by atomic mass is 10.2. The minimum absolute atomic E-state index is 0.125. The van der Waals surface area contributed by atoms with Gasteiger partial charge in [-0.05, 0) is 30.7 Å². The second-order valence-electron chi connectivity index (χ2n) is 4.25. The number of anilines is 2. The highest BCUT2D eigenvalue weighted by Crippen LogP contribution is 2.17. The molecule has 0 fully saturated rings. The van der Waals surface area contributed by atoms with E-state index in [0.717, 1.165) is 17.0 Å². The molecule has 0 aliphatic rings. The first-order valence-electron chi connectivity index (χ1n) is 5.85. The van der Waals surface area contributed by atoms with Crippen molar-refractivity contribution in [3.05, 3.63) is 34.0 Å². The number of hydrogen-bond donors (Lipinski definition) is 3. The fraction of sp³-hybridized carbons (Fsp3) is 0.154. The average molecular weight is 308 g/mol. The summed E-state index contributed by atoms with van der Waals surface area (Å²) in [4.78, 5) is 56.3. The van der Waals surface area contributed by atoms with Gasteiger partial charge >= 0.3 is 23.8 Å². The molecule has 0 atom stereocenters. The third-order valence-corrected chi connectivity index (χ3v) is 2.72. The molecule has 3 N–H and O–H groups in total. The summed E-state index contributed by atoms with van der Waals surface area (Å²) in [5.41, 5.74) is -0.592. The van der Waals surface area contributed by atoms with Gasteiger partial charge in [0.2, 0.25) is 5.43 Å². The summed E-state index contributed by atoms with van der Waals surface area (Å²) in [6.45, 7) is 1.46. The van der Waals surface area contributed by atoms with Gasteiger partial charge < -0.3 is 20.4 Å². The van der Waals surface area contributed by atoms with Gasteiger partial charge in [0.25, 0.3) is 0 Å². The van der Waals surface area contributed by atoms with Crippen molar-refractivity contribution in [3.63, 3.8) is 0 Å². The van der Waals surface area contributed by atoms with Crippen molar-refractivity contribution in [1.29, 1.82) is 0 Å². The number of amides is 2. The van der Waals surface area contributed by atoms with Crippen molar-refractivity contribution in [1.82, 2.24) is 0 Å². The van der Waals surface area contributed by atoms with Crippen LogP contribution in [0.15, 0.2) is 23.0 Å². The normalized spacial score (nSPS) is 9.73.